The average Bonchev–Trinajstić information content (AvgIpc) is 2.25. The third-order valence-corrected chi connectivity index (χ3v) is 2.44. The van der Waals surface area contributed by atoms with Crippen molar-refractivity contribution >= 4 is 18.5 Å². The topological polar surface area (TPSA) is 37.8 Å². The van der Waals surface area contributed by atoms with Gasteiger partial charge in [0.1, 0.15) is 5.82 Å². The number of hydrogen-bond donors (Lipinski definition) is 1. The fraction of sp³-hybridized carbons (Fsp3) is 0.385. The SMILES string of the molecule is C=CC=c1nc(C)c(NC(C)CC)nc1=C. The van der Waals surface area contributed by atoms with E-state index >= 15 is 0 Å². The summed E-state index contributed by atoms with van der Waals surface area (Å²) < 4.78 is 0. The number of aromatic nitrogens is 2. The highest BCUT2D eigenvalue weighted by Gasteiger charge is 2.04. The van der Waals surface area contributed by atoms with Crippen LogP contribution in [0.25, 0.3) is 12.7 Å². The molecular formula is C13H19N3. The highest BCUT2D eigenvalue weighted by molar-refractivity contribution is 5.42. The second-order valence-electron chi connectivity index (χ2n) is 3.85. The van der Waals surface area contributed by atoms with E-state index in [2.05, 4.69) is 42.3 Å². The fourth-order valence-electron chi connectivity index (χ4n) is 1.29. The molecule has 0 spiro atoms. The van der Waals surface area contributed by atoms with Gasteiger partial charge in [-0.15, -0.1) is 0 Å². The van der Waals surface area contributed by atoms with E-state index in [1.165, 1.54) is 0 Å². The third kappa shape index (κ3) is 2.92. The van der Waals surface area contributed by atoms with Gasteiger partial charge < -0.3 is 5.32 Å². The Labute approximate surface area is 96.6 Å². The van der Waals surface area contributed by atoms with E-state index in [1.54, 1.807) is 6.08 Å². The van der Waals surface area contributed by atoms with Crippen LogP contribution in [0.3, 0.4) is 0 Å². The summed E-state index contributed by atoms with van der Waals surface area (Å²) in [6, 6.07) is 0.390. The Morgan fingerprint density at radius 2 is 2.12 bits per heavy atom. The normalized spacial score (nSPS) is 13.6. The summed E-state index contributed by atoms with van der Waals surface area (Å²) in [4.78, 5) is 8.85. The number of hydrogen-bond acceptors (Lipinski definition) is 3. The van der Waals surface area contributed by atoms with E-state index in [0.717, 1.165) is 23.3 Å². The van der Waals surface area contributed by atoms with Crippen molar-refractivity contribution in [3.05, 3.63) is 29.0 Å². The molecule has 1 unspecified atom stereocenters. The zero-order valence-electron chi connectivity index (χ0n) is 10.2. The van der Waals surface area contributed by atoms with Crippen molar-refractivity contribution in [2.24, 2.45) is 0 Å². The van der Waals surface area contributed by atoms with Crippen LogP contribution in [0, 0.1) is 6.92 Å². The Morgan fingerprint density at radius 1 is 1.44 bits per heavy atom. The van der Waals surface area contributed by atoms with Gasteiger partial charge in [0.15, 0.2) is 0 Å². The summed E-state index contributed by atoms with van der Waals surface area (Å²) in [5, 5.41) is 4.77. The number of anilines is 1. The highest BCUT2D eigenvalue weighted by atomic mass is 15.0. The van der Waals surface area contributed by atoms with Gasteiger partial charge in [0, 0.05) is 6.04 Å². The predicted molar refractivity (Wildman–Crippen MR) is 69.6 cm³/mol. The Morgan fingerprint density at radius 3 is 2.69 bits per heavy atom. The molecule has 0 radical (unpaired) electrons. The third-order valence-electron chi connectivity index (χ3n) is 2.44. The molecule has 1 aromatic heterocycles. The van der Waals surface area contributed by atoms with Crippen molar-refractivity contribution in [3.8, 4) is 0 Å². The van der Waals surface area contributed by atoms with E-state index in [1.807, 2.05) is 13.0 Å². The lowest BCUT2D eigenvalue weighted by Gasteiger charge is -2.13. The van der Waals surface area contributed by atoms with Crippen LogP contribution < -0.4 is 16.0 Å². The maximum absolute atomic E-state index is 4.44. The first-order valence-electron chi connectivity index (χ1n) is 5.51. The van der Waals surface area contributed by atoms with E-state index in [0.29, 0.717) is 11.4 Å². The molecule has 0 amide bonds. The molecule has 1 rings (SSSR count). The second-order valence-corrected chi connectivity index (χ2v) is 3.85. The number of nitrogens with one attached hydrogen (secondary N) is 1. The van der Waals surface area contributed by atoms with Crippen molar-refractivity contribution in [2.45, 2.75) is 33.2 Å². The van der Waals surface area contributed by atoms with Crippen molar-refractivity contribution in [1.82, 2.24) is 9.97 Å². The van der Waals surface area contributed by atoms with Crippen LogP contribution in [0.4, 0.5) is 5.82 Å². The zero-order valence-corrected chi connectivity index (χ0v) is 10.2. The fourth-order valence-corrected chi connectivity index (χ4v) is 1.29. The maximum atomic E-state index is 4.44. The Bertz CT molecular complexity index is 477. The van der Waals surface area contributed by atoms with Gasteiger partial charge in [-0.2, -0.15) is 0 Å². The van der Waals surface area contributed by atoms with Gasteiger partial charge in [-0.3, -0.25) is 0 Å². The predicted octanol–water partition coefficient (Wildman–Crippen LogP) is 1.37. The maximum Gasteiger partial charge on any atom is 0.148 e. The molecule has 1 N–H and O–H groups in total. The zero-order chi connectivity index (χ0) is 12.1. The second kappa shape index (κ2) is 5.45. The molecule has 3 heteroatoms. The minimum absolute atomic E-state index is 0.390. The van der Waals surface area contributed by atoms with Crippen molar-refractivity contribution < 1.29 is 0 Å². The van der Waals surface area contributed by atoms with Gasteiger partial charge in [0.25, 0.3) is 0 Å². The van der Waals surface area contributed by atoms with Crippen LogP contribution in [-0.4, -0.2) is 16.0 Å². The van der Waals surface area contributed by atoms with Gasteiger partial charge in [-0.05, 0) is 26.3 Å². The molecule has 0 aliphatic heterocycles. The molecule has 1 atom stereocenters. The van der Waals surface area contributed by atoms with Crippen molar-refractivity contribution in [1.29, 1.82) is 0 Å². The lowest BCUT2D eigenvalue weighted by atomic mass is 10.2. The van der Waals surface area contributed by atoms with Crippen LogP contribution in [0.15, 0.2) is 12.7 Å². The molecule has 0 aromatic carbocycles. The van der Waals surface area contributed by atoms with Gasteiger partial charge in [-0.25, -0.2) is 9.97 Å². The summed E-state index contributed by atoms with van der Waals surface area (Å²) in [5.41, 5.74) is 0.890. The quantitative estimate of drug-likeness (QED) is 0.828. The van der Waals surface area contributed by atoms with E-state index < -0.39 is 0 Å². The summed E-state index contributed by atoms with van der Waals surface area (Å²) >= 11 is 0. The van der Waals surface area contributed by atoms with Gasteiger partial charge in [0.2, 0.25) is 0 Å². The molecular weight excluding hydrogens is 198 g/mol. The van der Waals surface area contributed by atoms with Gasteiger partial charge >= 0.3 is 0 Å². The monoisotopic (exact) mass is 217 g/mol. The van der Waals surface area contributed by atoms with Crippen molar-refractivity contribution in [2.75, 3.05) is 5.32 Å². The first kappa shape index (κ1) is 12.4. The molecule has 0 aliphatic rings. The number of nitrogens with zero attached hydrogens (tertiary/aromatic N) is 2. The first-order valence-corrected chi connectivity index (χ1v) is 5.51. The summed E-state index contributed by atoms with van der Waals surface area (Å²) in [5.74, 6) is 0.820. The largest absolute Gasteiger partial charge is 0.366 e. The van der Waals surface area contributed by atoms with Crippen molar-refractivity contribution in [3.63, 3.8) is 0 Å². The number of aryl methyl sites for hydroxylation is 1. The van der Waals surface area contributed by atoms with E-state index in [9.17, 15) is 0 Å². The molecule has 3 nitrogen and oxygen atoms in total. The lowest BCUT2D eigenvalue weighted by Crippen LogP contribution is -2.33. The molecule has 0 fully saturated rings. The van der Waals surface area contributed by atoms with Crippen LogP contribution >= 0.6 is 0 Å². The molecule has 0 saturated carbocycles. The molecule has 0 saturated heterocycles. The molecule has 16 heavy (non-hydrogen) atoms. The molecule has 86 valence electrons. The Balaban J connectivity index is 3.16. The number of rotatable bonds is 4. The van der Waals surface area contributed by atoms with Crippen LogP contribution in [0.5, 0.6) is 0 Å². The first-order chi connectivity index (χ1) is 7.58. The summed E-state index contributed by atoms with van der Waals surface area (Å²) in [6.45, 7) is 13.7. The smallest absolute Gasteiger partial charge is 0.148 e. The van der Waals surface area contributed by atoms with Crippen LogP contribution in [0.2, 0.25) is 0 Å². The number of allylic oxidation sites excluding steroid dienone is 1. The van der Waals surface area contributed by atoms with Gasteiger partial charge in [0.05, 0.1) is 16.4 Å². The molecule has 0 bridgehead atoms. The Hall–Kier alpha value is -1.64. The minimum atomic E-state index is 0.390. The standard InChI is InChI=1S/C13H19N3/c1-6-8-12-10(4)16-13(11(5)15-12)14-9(3)7-2/h6,8-9H,1,4,7H2,2-3,5H3,(H,14,16). The van der Waals surface area contributed by atoms with Gasteiger partial charge in [-0.1, -0.05) is 26.2 Å². The summed E-state index contributed by atoms with van der Waals surface area (Å²) in [6.07, 6.45) is 4.56. The molecule has 1 aromatic rings. The average molecular weight is 217 g/mol. The lowest BCUT2D eigenvalue weighted by molar-refractivity contribution is 0.754. The minimum Gasteiger partial charge on any atom is -0.366 e. The Kier molecular flexibility index (Phi) is 4.23. The van der Waals surface area contributed by atoms with Crippen LogP contribution in [-0.2, 0) is 0 Å². The summed E-state index contributed by atoms with van der Waals surface area (Å²) in [7, 11) is 0. The molecule has 0 aliphatic carbocycles. The molecule has 1 heterocycles. The highest BCUT2D eigenvalue weighted by Crippen LogP contribution is 2.06. The van der Waals surface area contributed by atoms with E-state index in [-0.39, 0.29) is 0 Å². The van der Waals surface area contributed by atoms with Crippen LogP contribution in [0.1, 0.15) is 26.0 Å². The van der Waals surface area contributed by atoms with E-state index in [4.69, 9.17) is 0 Å².